The average molecular weight is 247 g/mol. The molecule has 0 aliphatic heterocycles. The van der Waals surface area contributed by atoms with Crippen LogP contribution in [-0.4, -0.2) is 28.4 Å². The number of halogens is 1. The van der Waals surface area contributed by atoms with Crippen LogP contribution in [0.25, 0.3) is 0 Å². The van der Waals surface area contributed by atoms with Gasteiger partial charge in [-0.15, -0.1) is 0 Å². The van der Waals surface area contributed by atoms with Crippen LogP contribution < -0.4 is 0 Å². The Bertz CT molecular complexity index is 357. The van der Waals surface area contributed by atoms with Crippen molar-refractivity contribution in [3.8, 4) is 0 Å². The first-order valence-corrected chi connectivity index (χ1v) is 5.32. The third-order valence-corrected chi connectivity index (χ3v) is 2.75. The molecule has 1 rings (SSSR count). The molecule has 2 N–H and O–H groups in total. The summed E-state index contributed by atoms with van der Waals surface area (Å²) in [5.41, 5.74) is 0.820. The fourth-order valence-electron chi connectivity index (χ4n) is 1.14. The van der Waals surface area contributed by atoms with Crippen LogP contribution in [0.1, 0.15) is 22.0 Å². The quantitative estimate of drug-likeness (QED) is 0.557. The lowest BCUT2D eigenvalue weighted by molar-refractivity contribution is 0.0337. The van der Waals surface area contributed by atoms with Crippen molar-refractivity contribution in [3.05, 3.63) is 34.3 Å². The molecule has 2 atom stereocenters. The number of thiol groups is 1. The molecule has 1 aromatic carbocycles. The van der Waals surface area contributed by atoms with Gasteiger partial charge in [0.2, 0.25) is 0 Å². The third-order valence-electron chi connectivity index (χ3n) is 2.04. The maximum absolute atomic E-state index is 10.5. The molecular weight excluding hydrogens is 236 g/mol. The van der Waals surface area contributed by atoms with Gasteiger partial charge in [-0.3, -0.25) is 4.79 Å². The van der Waals surface area contributed by atoms with E-state index in [-0.39, 0.29) is 10.8 Å². The van der Waals surface area contributed by atoms with E-state index in [1.165, 1.54) is 12.1 Å². The molecule has 2 unspecified atom stereocenters. The van der Waals surface area contributed by atoms with Gasteiger partial charge in [-0.05, 0) is 17.7 Å². The van der Waals surface area contributed by atoms with Gasteiger partial charge in [-0.25, -0.2) is 0 Å². The van der Waals surface area contributed by atoms with Gasteiger partial charge in [-0.2, -0.15) is 12.6 Å². The van der Waals surface area contributed by atoms with E-state index in [1.54, 1.807) is 6.07 Å². The van der Waals surface area contributed by atoms with Crippen molar-refractivity contribution in [1.29, 1.82) is 0 Å². The third kappa shape index (κ3) is 2.95. The van der Waals surface area contributed by atoms with Crippen molar-refractivity contribution in [1.82, 2.24) is 0 Å². The minimum absolute atomic E-state index is 0.147. The molecule has 3 nitrogen and oxygen atoms in total. The second-order valence-electron chi connectivity index (χ2n) is 3.09. The fourth-order valence-corrected chi connectivity index (χ4v) is 1.58. The first-order chi connectivity index (χ1) is 7.10. The second-order valence-corrected chi connectivity index (χ2v) is 3.87. The number of aliphatic hydroxyl groups excluding tert-OH is 2. The zero-order valence-corrected chi connectivity index (χ0v) is 9.45. The number of carbonyl (C=O) groups is 1. The number of hydrogen-bond acceptors (Lipinski definition) is 4. The summed E-state index contributed by atoms with van der Waals surface area (Å²) in [5, 5.41) is 19.2. The number of aliphatic hydroxyl groups is 2. The predicted molar refractivity (Wildman–Crippen MR) is 61.7 cm³/mol. The average Bonchev–Trinajstić information content (AvgIpc) is 2.26. The summed E-state index contributed by atoms with van der Waals surface area (Å²) in [7, 11) is 0. The molecule has 0 amide bonds. The molecule has 15 heavy (non-hydrogen) atoms. The lowest BCUT2D eigenvalue weighted by atomic mass is 10.0. The Morgan fingerprint density at radius 3 is 2.60 bits per heavy atom. The van der Waals surface area contributed by atoms with Gasteiger partial charge in [0.05, 0.1) is 11.1 Å². The highest BCUT2D eigenvalue weighted by Crippen LogP contribution is 2.23. The minimum atomic E-state index is -1.04. The Hall–Kier alpha value is -0.550. The monoisotopic (exact) mass is 246 g/mol. The normalized spacial score (nSPS) is 14.7. The van der Waals surface area contributed by atoms with E-state index in [9.17, 15) is 15.0 Å². The first kappa shape index (κ1) is 12.5. The SMILES string of the molecule is O=Cc1ccc(C(O)C(O)CS)cc1Cl. The molecule has 0 bridgehead atoms. The minimum Gasteiger partial charge on any atom is -0.389 e. The zero-order chi connectivity index (χ0) is 11.4. The van der Waals surface area contributed by atoms with E-state index in [0.29, 0.717) is 17.4 Å². The number of aldehydes is 1. The summed E-state index contributed by atoms with van der Waals surface area (Å²) in [6.07, 6.45) is -1.36. The molecular formula is C10H11ClO3S. The molecule has 0 saturated heterocycles. The Kier molecular flexibility index (Phi) is 4.60. The summed E-state index contributed by atoms with van der Waals surface area (Å²) in [6.45, 7) is 0. The highest BCUT2D eigenvalue weighted by Gasteiger charge is 2.17. The van der Waals surface area contributed by atoms with E-state index < -0.39 is 12.2 Å². The largest absolute Gasteiger partial charge is 0.389 e. The van der Waals surface area contributed by atoms with Crippen LogP contribution in [0.5, 0.6) is 0 Å². The van der Waals surface area contributed by atoms with E-state index >= 15 is 0 Å². The van der Waals surface area contributed by atoms with Gasteiger partial charge in [0, 0.05) is 11.3 Å². The number of hydrogen-bond donors (Lipinski definition) is 3. The maximum Gasteiger partial charge on any atom is 0.151 e. The molecule has 0 aliphatic rings. The fraction of sp³-hybridized carbons (Fsp3) is 0.300. The van der Waals surface area contributed by atoms with Crippen LogP contribution in [0.3, 0.4) is 0 Å². The van der Waals surface area contributed by atoms with Gasteiger partial charge in [0.25, 0.3) is 0 Å². The molecule has 0 aliphatic carbocycles. The van der Waals surface area contributed by atoms with E-state index in [1.807, 2.05) is 0 Å². The zero-order valence-electron chi connectivity index (χ0n) is 7.80. The molecule has 0 heterocycles. The van der Waals surface area contributed by atoms with E-state index in [0.717, 1.165) is 0 Å². The number of rotatable bonds is 4. The summed E-state index contributed by atoms with van der Waals surface area (Å²) in [5.74, 6) is 0.147. The summed E-state index contributed by atoms with van der Waals surface area (Å²) < 4.78 is 0. The Morgan fingerprint density at radius 2 is 2.13 bits per heavy atom. The van der Waals surface area contributed by atoms with Crippen LogP contribution in [0.15, 0.2) is 18.2 Å². The smallest absolute Gasteiger partial charge is 0.151 e. The summed E-state index contributed by atoms with van der Waals surface area (Å²) in [6, 6.07) is 4.51. The van der Waals surface area contributed by atoms with Crippen LogP contribution in [0, 0.1) is 0 Å². The summed E-state index contributed by atoms with van der Waals surface area (Å²) in [4.78, 5) is 10.5. The topological polar surface area (TPSA) is 57.5 Å². The van der Waals surface area contributed by atoms with Crippen LogP contribution in [0.4, 0.5) is 0 Å². The van der Waals surface area contributed by atoms with Crippen LogP contribution in [0.2, 0.25) is 5.02 Å². The Balaban J connectivity index is 2.96. The van der Waals surface area contributed by atoms with Crippen molar-refractivity contribution in [2.24, 2.45) is 0 Å². The lowest BCUT2D eigenvalue weighted by Crippen LogP contribution is -2.19. The van der Waals surface area contributed by atoms with Gasteiger partial charge in [-0.1, -0.05) is 17.7 Å². The van der Waals surface area contributed by atoms with Gasteiger partial charge in [0.15, 0.2) is 6.29 Å². The number of carbonyl (C=O) groups excluding carboxylic acids is 1. The van der Waals surface area contributed by atoms with Crippen molar-refractivity contribution in [2.75, 3.05) is 5.75 Å². The summed E-state index contributed by atoms with van der Waals surface area (Å²) >= 11 is 9.65. The lowest BCUT2D eigenvalue weighted by Gasteiger charge is -2.16. The molecule has 0 aromatic heterocycles. The van der Waals surface area contributed by atoms with Gasteiger partial charge in [0.1, 0.15) is 6.10 Å². The molecule has 82 valence electrons. The van der Waals surface area contributed by atoms with Crippen molar-refractivity contribution in [3.63, 3.8) is 0 Å². The highest BCUT2D eigenvalue weighted by molar-refractivity contribution is 7.80. The van der Waals surface area contributed by atoms with E-state index in [4.69, 9.17) is 11.6 Å². The standard InChI is InChI=1S/C10H11ClO3S/c11-8-3-6(1-2-7(8)4-12)10(14)9(13)5-15/h1-4,9-10,13-15H,5H2. The Labute approximate surface area is 98.1 Å². The van der Waals surface area contributed by atoms with Gasteiger partial charge < -0.3 is 10.2 Å². The van der Waals surface area contributed by atoms with Gasteiger partial charge >= 0.3 is 0 Å². The van der Waals surface area contributed by atoms with Crippen LogP contribution >= 0.6 is 24.2 Å². The maximum atomic E-state index is 10.5. The molecule has 0 radical (unpaired) electrons. The molecule has 5 heteroatoms. The molecule has 0 spiro atoms. The highest BCUT2D eigenvalue weighted by atomic mass is 35.5. The molecule has 0 fully saturated rings. The Morgan fingerprint density at radius 1 is 1.47 bits per heavy atom. The van der Waals surface area contributed by atoms with Crippen LogP contribution in [-0.2, 0) is 0 Å². The van der Waals surface area contributed by atoms with Crippen molar-refractivity contribution >= 4 is 30.5 Å². The number of benzene rings is 1. The van der Waals surface area contributed by atoms with Crippen molar-refractivity contribution in [2.45, 2.75) is 12.2 Å². The second kappa shape index (κ2) is 5.51. The van der Waals surface area contributed by atoms with Crippen molar-refractivity contribution < 1.29 is 15.0 Å². The van der Waals surface area contributed by atoms with E-state index in [2.05, 4.69) is 12.6 Å². The predicted octanol–water partition coefficient (Wildman–Crippen LogP) is 1.48. The first-order valence-electron chi connectivity index (χ1n) is 4.31. The molecule has 1 aromatic rings. The molecule has 0 saturated carbocycles.